The third kappa shape index (κ3) is 3.98. The van der Waals surface area contributed by atoms with Crippen LogP contribution in [0.3, 0.4) is 0 Å². The lowest BCUT2D eigenvalue weighted by Gasteiger charge is -2.10. The molecule has 0 spiro atoms. The third-order valence-electron chi connectivity index (χ3n) is 8.17. The average Bonchev–Trinajstić information content (AvgIpc) is 3.66. The number of hydrogen-bond donors (Lipinski definition) is 0. The van der Waals surface area contributed by atoms with Crippen molar-refractivity contribution in [2.24, 2.45) is 0 Å². The first-order chi connectivity index (χ1) is 21.8. The number of nitrogens with zero attached hydrogens (tertiary/aromatic N) is 3. The predicted molar refractivity (Wildman–Crippen MR) is 176 cm³/mol. The van der Waals surface area contributed by atoms with Crippen LogP contribution in [0.5, 0.6) is 0 Å². The van der Waals surface area contributed by atoms with E-state index in [-0.39, 0.29) is 0 Å². The number of benzene rings is 6. The summed E-state index contributed by atoms with van der Waals surface area (Å²) in [7, 11) is 0. The first-order valence-electron chi connectivity index (χ1n) is 14.5. The highest BCUT2D eigenvalue weighted by Crippen LogP contribution is 2.37. The lowest BCUT2D eigenvalue weighted by molar-refractivity contribution is 0.668. The van der Waals surface area contributed by atoms with Crippen molar-refractivity contribution < 1.29 is 8.83 Å². The molecule has 0 radical (unpaired) electrons. The largest absolute Gasteiger partial charge is 0.456 e. The lowest BCUT2D eigenvalue weighted by atomic mass is 10.0. The first-order valence-corrected chi connectivity index (χ1v) is 14.5. The molecule has 0 atom stereocenters. The van der Waals surface area contributed by atoms with E-state index in [1.54, 1.807) is 0 Å². The van der Waals surface area contributed by atoms with Gasteiger partial charge in [0.2, 0.25) is 0 Å². The smallest absolute Gasteiger partial charge is 0.164 e. The van der Waals surface area contributed by atoms with E-state index < -0.39 is 0 Å². The Hall–Kier alpha value is -6.07. The van der Waals surface area contributed by atoms with Gasteiger partial charge in [0.25, 0.3) is 0 Å². The van der Waals surface area contributed by atoms with Gasteiger partial charge in [-0.15, -0.1) is 0 Å². The van der Waals surface area contributed by atoms with Crippen molar-refractivity contribution in [1.29, 1.82) is 0 Å². The topological polar surface area (TPSA) is 65.0 Å². The van der Waals surface area contributed by atoms with Crippen molar-refractivity contribution in [2.45, 2.75) is 0 Å². The van der Waals surface area contributed by atoms with E-state index in [0.29, 0.717) is 17.5 Å². The summed E-state index contributed by atoms with van der Waals surface area (Å²) in [6, 6.07) is 47.0. The Kier molecular flexibility index (Phi) is 5.43. The van der Waals surface area contributed by atoms with Crippen molar-refractivity contribution in [3.63, 3.8) is 0 Å². The van der Waals surface area contributed by atoms with Gasteiger partial charge in [0.15, 0.2) is 17.5 Å². The van der Waals surface area contributed by atoms with Crippen molar-refractivity contribution in [1.82, 2.24) is 15.0 Å². The van der Waals surface area contributed by atoms with Gasteiger partial charge < -0.3 is 8.83 Å². The fourth-order valence-corrected chi connectivity index (χ4v) is 6.02. The van der Waals surface area contributed by atoms with Crippen LogP contribution in [-0.4, -0.2) is 15.0 Å². The molecule has 0 bridgehead atoms. The van der Waals surface area contributed by atoms with Crippen molar-refractivity contribution >= 4 is 43.9 Å². The van der Waals surface area contributed by atoms with E-state index in [1.165, 1.54) is 0 Å². The van der Waals surface area contributed by atoms with Crippen LogP contribution >= 0.6 is 0 Å². The molecule has 0 N–H and O–H groups in total. The summed E-state index contributed by atoms with van der Waals surface area (Å²) in [6.07, 6.45) is 0. The highest BCUT2D eigenvalue weighted by molar-refractivity contribution is 6.11. The van der Waals surface area contributed by atoms with Crippen LogP contribution in [-0.2, 0) is 0 Å². The molecule has 5 heteroatoms. The molecule has 0 aliphatic rings. The summed E-state index contributed by atoms with van der Waals surface area (Å²) in [5.74, 6) is 1.83. The van der Waals surface area contributed by atoms with Gasteiger partial charge in [-0.05, 0) is 41.5 Å². The maximum atomic E-state index is 6.17. The molecule has 0 saturated carbocycles. The standard InChI is InChI=1S/C39H23N3O2/c1-2-9-25(10-3-1)37-40-38(42-39(41-37)31-13-8-16-34-36(31)30-12-5-7-15-33(30)43-34)26-19-17-24(18-20-26)27-21-22-29-28-11-4-6-14-32(28)44-35(29)23-27/h1-23H. The van der Waals surface area contributed by atoms with Gasteiger partial charge in [-0.2, -0.15) is 0 Å². The van der Waals surface area contributed by atoms with E-state index in [1.807, 2.05) is 78.9 Å². The molecule has 206 valence electrons. The van der Waals surface area contributed by atoms with Gasteiger partial charge in [0.1, 0.15) is 22.3 Å². The lowest BCUT2D eigenvalue weighted by Crippen LogP contribution is -2.00. The zero-order chi connectivity index (χ0) is 29.0. The Morgan fingerprint density at radius 1 is 0.341 bits per heavy atom. The molecule has 0 fully saturated rings. The minimum Gasteiger partial charge on any atom is -0.456 e. The van der Waals surface area contributed by atoms with E-state index in [2.05, 4.69) is 60.7 Å². The van der Waals surface area contributed by atoms with E-state index >= 15 is 0 Å². The molecule has 3 aromatic heterocycles. The number of fused-ring (bicyclic) bond motifs is 6. The molecule has 0 aliphatic heterocycles. The number of aromatic nitrogens is 3. The SMILES string of the molecule is c1ccc(-c2nc(-c3ccc(-c4ccc5c(c4)oc4ccccc45)cc3)nc(-c3cccc4oc5ccccc5c34)n2)cc1. The maximum Gasteiger partial charge on any atom is 0.164 e. The van der Waals surface area contributed by atoms with E-state index in [9.17, 15) is 0 Å². The van der Waals surface area contributed by atoms with Crippen molar-refractivity contribution in [3.8, 4) is 45.3 Å². The minimum atomic E-state index is 0.602. The van der Waals surface area contributed by atoms with Crippen LogP contribution in [0.4, 0.5) is 0 Å². The molecule has 0 aliphatic carbocycles. The van der Waals surface area contributed by atoms with E-state index in [0.717, 1.165) is 71.7 Å². The Labute approximate surface area is 252 Å². The quantitative estimate of drug-likeness (QED) is 0.212. The molecule has 0 unspecified atom stereocenters. The number of hydrogen-bond acceptors (Lipinski definition) is 5. The van der Waals surface area contributed by atoms with Crippen LogP contribution in [0.15, 0.2) is 148 Å². The highest BCUT2D eigenvalue weighted by Gasteiger charge is 2.18. The maximum absolute atomic E-state index is 6.17. The fraction of sp³-hybridized carbons (Fsp3) is 0. The molecule has 3 heterocycles. The van der Waals surface area contributed by atoms with Crippen LogP contribution in [0.25, 0.3) is 89.2 Å². The molecule has 0 amide bonds. The summed E-state index contributed by atoms with van der Waals surface area (Å²) >= 11 is 0. The second-order valence-electron chi connectivity index (χ2n) is 10.8. The number of furan rings is 2. The fourth-order valence-electron chi connectivity index (χ4n) is 6.02. The summed E-state index contributed by atoms with van der Waals surface area (Å²) in [5.41, 5.74) is 8.33. The van der Waals surface area contributed by atoms with Gasteiger partial charge in [0.05, 0.1) is 0 Å². The summed E-state index contributed by atoms with van der Waals surface area (Å²) in [4.78, 5) is 14.9. The van der Waals surface area contributed by atoms with Crippen molar-refractivity contribution in [3.05, 3.63) is 140 Å². The molecular weight excluding hydrogens is 542 g/mol. The molecule has 9 rings (SSSR count). The third-order valence-corrected chi connectivity index (χ3v) is 8.17. The van der Waals surface area contributed by atoms with E-state index in [4.69, 9.17) is 23.8 Å². The Bertz CT molecular complexity index is 2490. The Balaban J connectivity index is 1.17. The molecule has 0 saturated heterocycles. The molecule has 5 nitrogen and oxygen atoms in total. The second kappa shape index (κ2) is 9.75. The molecule has 6 aromatic carbocycles. The molecule has 9 aromatic rings. The Morgan fingerprint density at radius 3 is 1.68 bits per heavy atom. The zero-order valence-electron chi connectivity index (χ0n) is 23.4. The van der Waals surface area contributed by atoms with Crippen LogP contribution in [0.1, 0.15) is 0 Å². The number of para-hydroxylation sites is 2. The summed E-state index contributed by atoms with van der Waals surface area (Å²) < 4.78 is 12.3. The number of rotatable bonds is 4. The van der Waals surface area contributed by atoms with Crippen molar-refractivity contribution in [2.75, 3.05) is 0 Å². The summed E-state index contributed by atoms with van der Waals surface area (Å²) in [6.45, 7) is 0. The van der Waals surface area contributed by atoms with Crippen LogP contribution in [0, 0.1) is 0 Å². The minimum absolute atomic E-state index is 0.602. The zero-order valence-corrected chi connectivity index (χ0v) is 23.4. The van der Waals surface area contributed by atoms with Gasteiger partial charge in [-0.3, -0.25) is 0 Å². The van der Waals surface area contributed by atoms with Gasteiger partial charge in [-0.25, -0.2) is 15.0 Å². The second-order valence-corrected chi connectivity index (χ2v) is 10.8. The van der Waals surface area contributed by atoms with Crippen LogP contribution < -0.4 is 0 Å². The van der Waals surface area contributed by atoms with Gasteiger partial charge in [0, 0.05) is 38.2 Å². The summed E-state index contributed by atoms with van der Waals surface area (Å²) in [5, 5.41) is 4.28. The Morgan fingerprint density at radius 2 is 0.886 bits per heavy atom. The molecular formula is C39H23N3O2. The monoisotopic (exact) mass is 565 g/mol. The van der Waals surface area contributed by atoms with Crippen LogP contribution in [0.2, 0.25) is 0 Å². The normalized spacial score (nSPS) is 11.6. The first kappa shape index (κ1) is 24.5. The highest BCUT2D eigenvalue weighted by atomic mass is 16.3. The van der Waals surface area contributed by atoms with Gasteiger partial charge >= 0.3 is 0 Å². The van der Waals surface area contributed by atoms with Gasteiger partial charge in [-0.1, -0.05) is 109 Å². The molecule has 44 heavy (non-hydrogen) atoms. The predicted octanol–water partition coefficient (Wildman–Crippen LogP) is 10.3. The average molecular weight is 566 g/mol.